The van der Waals surface area contributed by atoms with Gasteiger partial charge in [-0.1, -0.05) is 30.3 Å². The smallest absolute Gasteiger partial charge is 0.254 e. The second-order valence-electron chi connectivity index (χ2n) is 5.74. The quantitative estimate of drug-likeness (QED) is 0.458. The summed E-state index contributed by atoms with van der Waals surface area (Å²) in [5.74, 6) is -0.668. The summed E-state index contributed by atoms with van der Waals surface area (Å²) in [6, 6.07) is 14.0. The van der Waals surface area contributed by atoms with Gasteiger partial charge in [-0.15, -0.1) is 5.10 Å². The summed E-state index contributed by atoms with van der Waals surface area (Å²) in [5, 5.41) is 8.15. The first-order valence-corrected chi connectivity index (χ1v) is 8.66. The van der Waals surface area contributed by atoms with E-state index in [4.69, 9.17) is 0 Å². The minimum Gasteiger partial charge on any atom is -0.254 e. The molecule has 3 heterocycles. The van der Waals surface area contributed by atoms with E-state index in [0.717, 1.165) is 22.8 Å². The molecule has 27 heavy (non-hydrogen) atoms. The van der Waals surface area contributed by atoms with Crippen molar-refractivity contribution in [2.24, 2.45) is 0 Å². The highest BCUT2D eigenvalue weighted by Gasteiger charge is 2.35. The third kappa shape index (κ3) is 2.60. The molecule has 0 atom stereocenters. The number of H-pyrrole nitrogens is 1. The van der Waals surface area contributed by atoms with E-state index in [0.29, 0.717) is 16.3 Å². The fourth-order valence-electron chi connectivity index (χ4n) is 2.85. The minimum atomic E-state index is -4.64. The topological polar surface area (TPSA) is 71.8 Å². The number of aromatic amines is 1. The lowest BCUT2D eigenvalue weighted by Crippen LogP contribution is -2.11. The molecule has 3 aromatic heterocycles. The van der Waals surface area contributed by atoms with E-state index < -0.39 is 12.0 Å². The lowest BCUT2D eigenvalue weighted by Gasteiger charge is -2.09. The van der Waals surface area contributed by atoms with Crippen LogP contribution in [0.1, 0.15) is 5.82 Å². The molecule has 5 rings (SSSR count). The van der Waals surface area contributed by atoms with Gasteiger partial charge >= 0.3 is 6.18 Å². The lowest BCUT2D eigenvalue weighted by atomic mass is 10.2. The summed E-state index contributed by atoms with van der Waals surface area (Å²) in [5.41, 5.74) is 1.79. The largest absolute Gasteiger partial charge is 0.451 e. The number of benzene rings is 2. The van der Waals surface area contributed by atoms with E-state index >= 15 is 0 Å². The molecule has 0 bridgehead atoms. The first-order chi connectivity index (χ1) is 13.0. The molecule has 0 saturated heterocycles. The number of nitrogens with zero attached hydrogens (tertiary/aromatic N) is 5. The highest BCUT2D eigenvalue weighted by molar-refractivity contribution is 7.99. The van der Waals surface area contributed by atoms with Gasteiger partial charge in [0.25, 0.3) is 0 Å². The Labute approximate surface area is 153 Å². The van der Waals surface area contributed by atoms with E-state index in [-0.39, 0.29) is 10.5 Å². The van der Waals surface area contributed by atoms with Crippen LogP contribution >= 0.6 is 11.8 Å². The van der Waals surface area contributed by atoms with Crippen molar-refractivity contribution in [3.8, 4) is 0 Å². The third-order valence-electron chi connectivity index (χ3n) is 4.01. The van der Waals surface area contributed by atoms with Gasteiger partial charge < -0.3 is 0 Å². The predicted octanol–water partition coefficient (Wildman–Crippen LogP) is 4.32. The molecular formula is C17H9F3N6S. The number of imidazole rings is 1. The molecule has 0 aliphatic heterocycles. The number of aromatic nitrogens is 6. The van der Waals surface area contributed by atoms with Crippen molar-refractivity contribution in [3.63, 3.8) is 0 Å². The van der Waals surface area contributed by atoms with Crippen LogP contribution < -0.4 is 0 Å². The Hall–Kier alpha value is -3.14. The summed E-state index contributed by atoms with van der Waals surface area (Å²) in [6.45, 7) is 0. The molecule has 1 N–H and O–H groups in total. The van der Waals surface area contributed by atoms with Gasteiger partial charge in [0.2, 0.25) is 16.8 Å². The Balaban J connectivity index is 1.72. The molecule has 0 aliphatic rings. The predicted molar refractivity (Wildman–Crippen MR) is 93.5 cm³/mol. The summed E-state index contributed by atoms with van der Waals surface area (Å²) >= 11 is 1.03. The molecule has 0 aliphatic carbocycles. The van der Waals surface area contributed by atoms with Crippen molar-refractivity contribution in [1.82, 2.24) is 29.5 Å². The Morgan fingerprint density at radius 1 is 0.889 bits per heavy atom. The number of nitrogens with one attached hydrogen (secondary N) is 1. The molecular weight excluding hydrogens is 377 g/mol. The van der Waals surface area contributed by atoms with E-state index in [1.807, 2.05) is 24.3 Å². The first-order valence-electron chi connectivity index (χ1n) is 7.84. The maximum atomic E-state index is 13.2. The Morgan fingerprint density at radius 3 is 2.44 bits per heavy atom. The van der Waals surface area contributed by atoms with Crippen LogP contribution in [0.4, 0.5) is 13.2 Å². The van der Waals surface area contributed by atoms with Crippen LogP contribution in [0.15, 0.2) is 58.7 Å². The second kappa shape index (κ2) is 5.68. The standard InChI is InChI=1S/C17H9F3N6S/c18-17(19,20)14-21-10-6-2-1-5-9(10)13(23-14)27-16-25-24-15-22-11-7-3-4-8-12(11)26(15)16/h1-8H,(H,22,24). The Bertz CT molecular complexity index is 1310. The third-order valence-corrected chi connectivity index (χ3v) is 4.97. The van der Waals surface area contributed by atoms with Crippen molar-refractivity contribution in [2.75, 3.05) is 0 Å². The van der Waals surface area contributed by atoms with Gasteiger partial charge in [-0.3, -0.25) is 4.40 Å². The van der Waals surface area contributed by atoms with Gasteiger partial charge in [0.15, 0.2) is 0 Å². The number of hydrogen-bond acceptors (Lipinski definition) is 5. The monoisotopic (exact) mass is 386 g/mol. The zero-order valence-corrected chi connectivity index (χ0v) is 14.2. The number of rotatable bonds is 2. The molecule has 10 heteroatoms. The zero-order valence-electron chi connectivity index (χ0n) is 13.4. The van der Waals surface area contributed by atoms with Crippen molar-refractivity contribution in [2.45, 2.75) is 16.4 Å². The van der Waals surface area contributed by atoms with Crippen LogP contribution in [-0.4, -0.2) is 29.5 Å². The number of hydrogen-bond donors (Lipinski definition) is 1. The van der Waals surface area contributed by atoms with Gasteiger partial charge in [0.1, 0.15) is 5.03 Å². The van der Waals surface area contributed by atoms with E-state index in [2.05, 4.69) is 25.1 Å². The summed E-state index contributed by atoms with van der Waals surface area (Å²) in [7, 11) is 0. The van der Waals surface area contributed by atoms with Gasteiger partial charge in [0.05, 0.1) is 16.6 Å². The Morgan fingerprint density at radius 2 is 1.63 bits per heavy atom. The van der Waals surface area contributed by atoms with E-state index in [1.54, 1.807) is 22.6 Å². The van der Waals surface area contributed by atoms with Crippen molar-refractivity contribution >= 4 is 39.5 Å². The molecule has 0 unspecified atom stereocenters. The van der Waals surface area contributed by atoms with Crippen LogP contribution in [0.5, 0.6) is 0 Å². The summed E-state index contributed by atoms with van der Waals surface area (Å²) < 4.78 is 41.4. The second-order valence-corrected chi connectivity index (χ2v) is 6.69. The van der Waals surface area contributed by atoms with Gasteiger partial charge in [-0.25, -0.2) is 20.1 Å². The fraction of sp³-hybridized carbons (Fsp3) is 0.0588. The maximum Gasteiger partial charge on any atom is 0.451 e. The number of halogens is 3. The molecule has 0 amide bonds. The van der Waals surface area contributed by atoms with Gasteiger partial charge in [-0.05, 0) is 30.0 Å². The van der Waals surface area contributed by atoms with Crippen LogP contribution in [0.25, 0.3) is 27.7 Å². The van der Waals surface area contributed by atoms with Crippen LogP contribution in [0, 0.1) is 0 Å². The molecule has 5 aromatic rings. The molecule has 2 aromatic carbocycles. The molecule has 0 radical (unpaired) electrons. The number of alkyl halides is 3. The molecule has 6 nitrogen and oxygen atoms in total. The summed E-state index contributed by atoms with van der Waals surface area (Å²) in [6.07, 6.45) is -4.64. The van der Waals surface area contributed by atoms with Crippen LogP contribution in [0.3, 0.4) is 0 Å². The van der Waals surface area contributed by atoms with Crippen LogP contribution in [-0.2, 0) is 6.18 Å². The van der Waals surface area contributed by atoms with Crippen LogP contribution in [0.2, 0.25) is 0 Å². The minimum absolute atomic E-state index is 0.180. The number of fused-ring (bicyclic) bond motifs is 4. The van der Waals surface area contributed by atoms with Crippen molar-refractivity contribution < 1.29 is 13.2 Å². The zero-order chi connectivity index (χ0) is 18.6. The molecule has 0 fully saturated rings. The SMILES string of the molecule is FC(F)(F)c1nc(Sc2n[nH]c3nc4ccccc4n23)c2ccccc2n1. The van der Waals surface area contributed by atoms with E-state index in [9.17, 15) is 13.2 Å². The average Bonchev–Trinajstić information content (AvgIpc) is 3.20. The first kappa shape index (κ1) is 16.1. The lowest BCUT2D eigenvalue weighted by molar-refractivity contribution is -0.145. The molecule has 0 spiro atoms. The van der Waals surface area contributed by atoms with Crippen molar-refractivity contribution in [3.05, 3.63) is 54.4 Å². The fourth-order valence-corrected chi connectivity index (χ4v) is 3.80. The normalized spacial score (nSPS) is 12.4. The number of para-hydroxylation sites is 3. The van der Waals surface area contributed by atoms with E-state index in [1.165, 1.54) is 6.07 Å². The Kier molecular flexibility index (Phi) is 3.38. The average molecular weight is 386 g/mol. The van der Waals surface area contributed by atoms with Gasteiger partial charge in [0, 0.05) is 5.39 Å². The maximum absolute atomic E-state index is 13.2. The highest BCUT2D eigenvalue weighted by atomic mass is 32.2. The highest BCUT2D eigenvalue weighted by Crippen LogP contribution is 2.35. The van der Waals surface area contributed by atoms with Gasteiger partial charge in [-0.2, -0.15) is 13.2 Å². The molecule has 0 saturated carbocycles. The van der Waals surface area contributed by atoms with Crippen molar-refractivity contribution in [1.29, 1.82) is 0 Å². The molecule has 134 valence electrons. The summed E-state index contributed by atoms with van der Waals surface area (Å²) in [4.78, 5) is 11.8.